The highest BCUT2D eigenvalue weighted by Gasteiger charge is 2.36. The van der Waals surface area contributed by atoms with Crippen LogP contribution in [-0.2, 0) is 19.1 Å². The molecule has 1 aliphatic rings. The van der Waals surface area contributed by atoms with E-state index in [2.05, 4.69) is 5.32 Å². The summed E-state index contributed by atoms with van der Waals surface area (Å²) in [6.45, 7) is 2.07. The first-order valence-electron chi connectivity index (χ1n) is 9.26. The van der Waals surface area contributed by atoms with E-state index in [1.54, 1.807) is 29.6 Å². The second kappa shape index (κ2) is 9.40. The van der Waals surface area contributed by atoms with Gasteiger partial charge < -0.3 is 25.4 Å². The molecular formula is C20H21N3O6S. The van der Waals surface area contributed by atoms with Crippen LogP contribution in [0, 0.1) is 5.92 Å². The number of rotatable bonds is 8. The lowest BCUT2D eigenvalue weighted by Crippen LogP contribution is -2.28. The minimum atomic E-state index is -0.667. The molecule has 1 aromatic heterocycles. The average Bonchev–Trinajstić information content (AvgIpc) is 3.34. The minimum Gasteiger partial charge on any atom is -0.494 e. The molecule has 30 heavy (non-hydrogen) atoms. The van der Waals surface area contributed by atoms with Crippen molar-refractivity contribution in [3.05, 3.63) is 41.3 Å². The number of primary amides is 1. The normalized spacial score (nSPS) is 15.7. The van der Waals surface area contributed by atoms with Crippen LogP contribution in [-0.4, -0.2) is 43.4 Å². The molecular weight excluding hydrogens is 410 g/mol. The molecule has 10 heteroatoms. The van der Waals surface area contributed by atoms with Gasteiger partial charge in [-0.25, -0.2) is 0 Å². The fraction of sp³-hybridized carbons (Fsp3) is 0.300. The van der Waals surface area contributed by atoms with Gasteiger partial charge in [-0.3, -0.25) is 19.2 Å². The van der Waals surface area contributed by atoms with Gasteiger partial charge in [0.25, 0.3) is 11.8 Å². The van der Waals surface area contributed by atoms with E-state index in [1.807, 2.05) is 6.92 Å². The quantitative estimate of drug-likeness (QED) is 0.613. The third-order valence-corrected chi connectivity index (χ3v) is 5.28. The predicted molar refractivity (Wildman–Crippen MR) is 110 cm³/mol. The first-order chi connectivity index (χ1) is 14.4. The van der Waals surface area contributed by atoms with E-state index < -0.39 is 30.3 Å². The van der Waals surface area contributed by atoms with Crippen molar-refractivity contribution in [3.8, 4) is 5.75 Å². The molecule has 158 valence electrons. The number of ether oxygens (including phenoxy) is 2. The molecule has 3 rings (SSSR count). The summed E-state index contributed by atoms with van der Waals surface area (Å²) < 4.78 is 10.4. The van der Waals surface area contributed by atoms with Crippen LogP contribution in [0.3, 0.4) is 0 Å². The van der Waals surface area contributed by atoms with Crippen molar-refractivity contribution in [1.29, 1.82) is 0 Å². The van der Waals surface area contributed by atoms with Crippen LogP contribution in [0.25, 0.3) is 0 Å². The van der Waals surface area contributed by atoms with Crippen molar-refractivity contribution in [2.45, 2.75) is 13.3 Å². The maximum atomic E-state index is 12.3. The molecule has 0 bridgehead atoms. The molecule has 1 fully saturated rings. The van der Waals surface area contributed by atoms with Gasteiger partial charge in [0.2, 0.25) is 5.91 Å². The topological polar surface area (TPSA) is 128 Å². The summed E-state index contributed by atoms with van der Waals surface area (Å²) in [4.78, 5) is 49.4. The van der Waals surface area contributed by atoms with Crippen LogP contribution in [0.5, 0.6) is 5.75 Å². The lowest BCUT2D eigenvalue weighted by Gasteiger charge is -2.17. The molecule has 1 atom stereocenters. The summed E-state index contributed by atoms with van der Waals surface area (Å²) in [6, 6.07) is 8.51. The number of nitrogens with two attached hydrogens (primary N) is 1. The smallest absolute Gasteiger partial charge is 0.311 e. The van der Waals surface area contributed by atoms with Crippen molar-refractivity contribution in [3.63, 3.8) is 0 Å². The number of amides is 3. The highest BCUT2D eigenvalue weighted by molar-refractivity contribution is 7.14. The first kappa shape index (κ1) is 21.3. The lowest BCUT2D eigenvalue weighted by atomic mass is 10.1. The first-order valence-corrected chi connectivity index (χ1v) is 10.1. The average molecular weight is 431 g/mol. The zero-order chi connectivity index (χ0) is 21.7. The Hall–Kier alpha value is -3.40. The third-order valence-electron chi connectivity index (χ3n) is 4.45. The van der Waals surface area contributed by atoms with Crippen LogP contribution in [0.4, 0.5) is 10.7 Å². The fourth-order valence-electron chi connectivity index (χ4n) is 3.02. The molecule has 0 radical (unpaired) electrons. The molecule has 3 N–H and O–H groups in total. The number of nitrogens with one attached hydrogen (secondary N) is 1. The van der Waals surface area contributed by atoms with Gasteiger partial charge in [-0.1, -0.05) is 0 Å². The Bertz CT molecular complexity index is 956. The maximum absolute atomic E-state index is 12.3. The van der Waals surface area contributed by atoms with E-state index >= 15 is 0 Å². The molecule has 1 aromatic carbocycles. The van der Waals surface area contributed by atoms with E-state index in [0.29, 0.717) is 23.0 Å². The standard InChI is InChI=1S/C20H21N3O6S/c1-2-28-14-5-3-13(4-6-14)23-10-12(9-17(23)25)20(27)29-11-16(24)22-19-15(18(21)26)7-8-30-19/h3-8,12H,2,9-11H2,1H3,(H2,21,26)(H,22,24). The number of thiophene rings is 1. The van der Waals surface area contributed by atoms with Gasteiger partial charge in [-0.15, -0.1) is 11.3 Å². The van der Waals surface area contributed by atoms with Crippen molar-refractivity contribution in [1.82, 2.24) is 0 Å². The number of nitrogens with zero attached hydrogens (tertiary/aromatic N) is 1. The summed E-state index contributed by atoms with van der Waals surface area (Å²) >= 11 is 1.13. The Balaban J connectivity index is 1.52. The molecule has 1 saturated heterocycles. The van der Waals surface area contributed by atoms with Gasteiger partial charge in [0, 0.05) is 18.7 Å². The number of esters is 1. The van der Waals surface area contributed by atoms with Crippen LogP contribution in [0.1, 0.15) is 23.7 Å². The maximum Gasteiger partial charge on any atom is 0.311 e. The van der Waals surface area contributed by atoms with Crippen LogP contribution in [0.15, 0.2) is 35.7 Å². The summed E-state index contributed by atoms with van der Waals surface area (Å²) in [5, 5.41) is 4.39. The summed E-state index contributed by atoms with van der Waals surface area (Å²) in [6.07, 6.45) is 0.00438. The van der Waals surface area contributed by atoms with Gasteiger partial charge in [-0.2, -0.15) is 0 Å². The monoisotopic (exact) mass is 431 g/mol. The van der Waals surface area contributed by atoms with Gasteiger partial charge in [0.15, 0.2) is 6.61 Å². The van der Waals surface area contributed by atoms with Crippen molar-refractivity contribution in [2.24, 2.45) is 11.7 Å². The SMILES string of the molecule is CCOc1ccc(N2CC(C(=O)OCC(=O)Nc3sccc3C(N)=O)CC2=O)cc1. The zero-order valence-corrected chi connectivity index (χ0v) is 17.1. The number of hydrogen-bond donors (Lipinski definition) is 2. The molecule has 2 aromatic rings. The second-order valence-electron chi connectivity index (χ2n) is 6.52. The minimum absolute atomic E-state index is 0.00438. The molecule has 0 saturated carbocycles. The summed E-state index contributed by atoms with van der Waals surface area (Å²) in [5.74, 6) is -2.06. The van der Waals surface area contributed by atoms with Crippen molar-refractivity contribution >= 4 is 45.7 Å². The molecule has 2 heterocycles. The number of anilines is 2. The van der Waals surface area contributed by atoms with E-state index in [9.17, 15) is 19.2 Å². The molecule has 1 aliphatic heterocycles. The van der Waals surface area contributed by atoms with E-state index in [0.717, 1.165) is 11.3 Å². The molecule has 0 aliphatic carbocycles. The Morgan fingerprint density at radius 1 is 1.23 bits per heavy atom. The van der Waals surface area contributed by atoms with Crippen molar-refractivity contribution in [2.75, 3.05) is 30.0 Å². The van der Waals surface area contributed by atoms with E-state index in [4.69, 9.17) is 15.2 Å². The molecule has 1 unspecified atom stereocenters. The Morgan fingerprint density at radius 3 is 2.63 bits per heavy atom. The van der Waals surface area contributed by atoms with Gasteiger partial charge in [-0.05, 0) is 42.6 Å². The van der Waals surface area contributed by atoms with Crippen LogP contribution < -0.4 is 20.7 Å². The fourth-order valence-corrected chi connectivity index (χ4v) is 3.83. The van der Waals surface area contributed by atoms with E-state index in [1.165, 1.54) is 11.0 Å². The number of carbonyl (C=O) groups is 4. The second-order valence-corrected chi connectivity index (χ2v) is 7.43. The van der Waals surface area contributed by atoms with Gasteiger partial charge in [0.05, 0.1) is 18.1 Å². The van der Waals surface area contributed by atoms with Gasteiger partial charge in [0.1, 0.15) is 10.8 Å². The van der Waals surface area contributed by atoms with Crippen LogP contribution >= 0.6 is 11.3 Å². The Labute approximate surface area is 176 Å². The van der Waals surface area contributed by atoms with Gasteiger partial charge >= 0.3 is 5.97 Å². The van der Waals surface area contributed by atoms with E-state index in [-0.39, 0.29) is 24.4 Å². The van der Waals surface area contributed by atoms with Crippen molar-refractivity contribution < 1.29 is 28.7 Å². The molecule has 3 amide bonds. The Morgan fingerprint density at radius 2 is 1.97 bits per heavy atom. The largest absolute Gasteiger partial charge is 0.494 e. The third kappa shape index (κ3) is 4.95. The highest BCUT2D eigenvalue weighted by Crippen LogP contribution is 2.27. The number of hydrogen-bond acceptors (Lipinski definition) is 7. The van der Waals surface area contributed by atoms with Crippen LogP contribution in [0.2, 0.25) is 0 Å². The Kier molecular flexibility index (Phi) is 6.68. The highest BCUT2D eigenvalue weighted by atomic mass is 32.1. The predicted octanol–water partition coefficient (Wildman–Crippen LogP) is 1.78. The molecule has 0 spiro atoms. The lowest BCUT2D eigenvalue weighted by molar-refractivity contribution is -0.151. The number of carbonyl (C=O) groups excluding carboxylic acids is 4. The number of benzene rings is 1. The summed E-state index contributed by atoms with van der Waals surface area (Å²) in [7, 11) is 0. The molecule has 9 nitrogen and oxygen atoms in total. The summed E-state index contributed by atoms with van der Waals surface area (Å²) in [5.41, 5.74) is 6.07. The zero-order valence-electron chi connectivity index (χ0n) is 16.3.